The molecule has 8 rings (SSSR count). The summed E-state index contributed by atoms with van der Waals surface area (Å²) in [5.41, 5.74) is 10.1. The number of piperidine rings is 1. The fraction of sp³-hybridized carbons (Fsp3) is 0.375. The molecule has 220 valence electrons. The van der Waals surface area contributed by atoms with Crippen molar-refractivity contribution in [2.24, 2.45) is 5.73 Å². The second-order valence-corrected chi connectivity index (χ2v) is 11.3. The molecule has 4 aromatic rings. The quantitative estimate of drug-likeness (QED) is 0.336. The molecule has 11 heteroatoms. The summed E-state index contributed by atoms with van der Waals surface area (Å²) in [6.45, 7) is 6.11. The van der Waals surface area contributed by atoms with E-state index in [1.165, 1.54) is 0 Å². The van der Waals surface area contributed by atoms with Crippen molar-refractivity contribution >= 4 is 17.2 Å². The summed E-state index contributed by atoms with van der Waals surface area (Å²) in [6.07, 6.45) is 6.22. The number of nitrogens with zero attached hydrogens (tertiary/aromatic N) is 7. The maximum absolute atomic E-state index is 13.2. The van der Waals surface area contributed by atoms with E-state index in [9.17, 15) is 10.1 Å². The number of pyridine rings is 2. The Morgan fingerprint density at radius 3 is 2.63 bits per heavy atom. The van der Waals surface area contributed by atoms with Crippen LogP contribution in [0.3, 0.4) is 0 Å². The number of piperazine rings is 1. The molecular formula is C32H34N8O3. The first kappa shape index (κ1) is 27.3. The van der Waals surface area contributed by atoms with Crippen molar-refractivity contribution in [3.8, 4) is 22.9 Å². The molecule has 2 bridgehead atoms. The minimum atomic E-state index is -0.645. The third-order valence-electron chi connectivity index (χ3n) is 8.74. The summed E-state index contributed by atoms with van der Waals surface area (Å²) < 4.78 is 13.3. The first-order valence-corrected chi connectivity index (χ1v) is 14.8. The van der Waals surface area contributed by atoms with Crippen LogP contribution >= 0.6 is 0 Å². The summed E-state index contributed by atoms with van der Waals surface area (Å²) in [4.78, 5) is 24.6. The first-order chi connectivity index (χ1) is 21.1. The van der Waals surface area contributed by atoms with Crippen molar-refractivity contribution in [3.63, 3.8) is 0 Å². The highest BCUT2D eigenvalue weighted by molar-refractivity contribution is 5.86. The van der Waals surface area contributed by atoms with Gasteiger partial charge in [-0.3, -0.25) is 9.69 Å². The van der Waals surface area contributed by atoms with E-state index in [-0.39, 0.29) is 18.0 Å². The number of carbonyl (C=O) groups excluding carboxylic acids is 1. The average molecular weight is 579 g/mol. The molecule has 43 heavy (non-hydrogen) atoms. The number of anilines is 1. The predicted octanol–water partition coefficient (Wildman–Crippen LogP) is 2.47. The molecule has 7 heterocycles. The van der Waals surface area contributed by atoms with Gasteiger partial charge in [0.15, 0.2) is 0 Å². The summed E-state index contributed by atoms with van der Waals surface area (Å²) >= 11 is 0. The largest absolute Gasteiger partial charge is 0.491 e. The maximum atomic E-state index is 13.2. The molecule has 0 saturated carbocycles. The van der Waals surface area contributed by atoms with Gasteiger partial charge in [-0.15, -0.1) is 0 Å². The monoisotopic (exact) mass is 578 g/mol. The van der Waals surface area contributed by atoms with Gasteiger partial charge in [0.1, 0.15) is 30.3 Å². The number of hydrogen-bond donors (Lipinski definition) is 1. The molecule has 4 fully saturated rings. The van der Waals surface area contributed by atoms with E-state index in [0.717, 1.165) is 67.3 Å². The zero-order chi connectivity index (χ0) is 29.3. The Morgan fingerprint density at radius 1 is 1.12 bits per heavy atom. The lowest BCUT2D eigenvalue weighted by atomic mass is 9.86. The van der Waals surface area contributed by atoms with E-state index in [1.54, 1.807) is 10.7 Å². The first-order valence-electron chi connectivity index (χ1n) is 14.8. The van der Waals surface area contributed by atoms with E-state index in [2.05, 4.69) is 21.0 Å². The second kappa shape index (κ2) is 11.6. The van der Waals surface area contributed by atoms with Crippen LogP contribution in [0.4, 0.5) is 5.82 Å². The van der Waals surface area contributed by atoms with Gasteiger partial charge in [0.25, 0.3) is 0 Å². The molecule has 4 aliphatic rings. The molecule has 1 aromatic carbocycles. The average Bonchev–Trinajstić information content (AvgIpc) is 3.48. The minimum absolute atomic E-state index is 0.0134. The molecule has 0 radical (unpaired) electrons. The minimum Gasteiger partial charge on any atom is -0.491 e. The van der Waals surface area contributed by atoms with Gasteiger partial charge in [-0.05, 0) is 30.2 Å². The third-order valence-corrected chi connectivity index (χ3v) is 8.74. The summed E-state index contributed by atoms with van der Waals surface area (Å²) in [5, 5.41) is 14.2. The van der Waals surface area contributed by atoms with Crippen LogP contribution in [0.15, 0.2) is 67.1 Å². The number of nitriles is 1. The zero-order valence-electron chi connectivity index (χ0n) is 23.9. The standard InChI is InChI=1S/C32H34N8O3/c33-16-24-18-36-39-21-27(43-13-10-37-8-11-42-12-9-37)15-28(31(24)39)23-6-7-29(35-17-23)38-19-25-14-26(20-38)40(25)32(41)30(34)22-4-2-1-3-5-22/h1-7,15,17-18,21,25-26,30H,8-14,19-20,34H2/t25?,26?,30-/m0/s1. The Kier molecular flexibility index (Phi) is 7.40. The number of nitrogens with two attached hydrogens (primary N) is 1. The number of hydrogen-bond acceptors (Lipinski definition) is 9. The Balaban J connectivity index is 1.06. The van der Waals surface area contributed by atoms with Gasteiger partial charge in [-0.25, -0.2) is 9.50 Å². The normalized spacial score (nSPS) is 20.8. The maximum Gasteiger partial charge on any atom is 0.244 e. The number of aromatic nitrogens is 3. The number of rotatable bonds is 8. The van der Waals surface area contributed by atoms with Gasteiger partial charge in [-0.2, -0.15) is 10.4 Å². The number of carbonyl (C=O) groups is 1. The molecule has 4 aliphatic heterocycles. The van der Waals surface area contributed by atoms with Gasteiger partial charge in [-0.1, -0.05) is 30.3 Å². The van der Waals surface area contributed by atoms with E-state index in [4.69, 9.17) is 20.2 Å². The van der Waals surface area contributed by atoms with Crippen LogP contribution < -0.4 is 15.4 Å². The number of fused-ring (bicyclic) bond motifs is 3. The smallest absolute Gasteiger partial charge is 0.244 e. The Hall–Kier alpha value is -4.50. The highest BCUT2D eigenvalue weighted by Crippen LogP contribution is 2.37. The van der Waals surface area contributed by atoms with Gasteiger partial charge >= 0.3 is 0 Å². The number of benzene rings is 1. The van der Waals surface area contributed by atoms with Crippen LogP contribution in [0.5, 0.6) is 5.75 Å². The van der Waals surface area contributed by atoms with Crippen molar-refractivity contribution in [2.75, 3.05) is 57.4 Å². The molecule has 0 spiro atoms. The predicted molar refractivity (Wildman–Crippen MR) is 161 cm³/mol. The summed E-state index contributed by atoms with van der Waals surface area (Å²) in [6, 6.07) is 17.4. The van der Waals surface area contributed by atoms with E-state index < -0.39 is 6.04 Å². The van der Waals surface area contributed by atoms with Crippen LogP contribution in [0.2, 0.25) is 0 Å². The van der Waals surface area contributed by atoms with Crippen molar-refractivity contribution in [3.05, 3.63) is 78.2 Å². The lowest BCUT2D eigenvalue weighted by Crippen LogP contribution is -2.71. The molecule has 3 aromatic heterocycles. The van der Waals surface area contributed by atoms with E-state index >= 15 is 0 Å². The van der Waals surface area contributed by atoms with Crippen molar-refractivity contribution in [1.82, 2.24) is 24.4 Å². The number of morpholine rings is 1. The van der Waals surface area contributed by atoms with Crippen LogP contribution in [0.1, 0.15) is 23.6 Å². The fourth-order valence-electron chi connectivity index (χ4n) is 6.45. The summed E-state index contributed by atoms with van der Waals surface area (Å²) in [7, 11) is 0. The Bertz CT molecular complexity index is 1630. The Morgan fingerprint density at radius 2 is 1.91 bits per heavy atom. The lowest BCUT2D eigenvalue weighted by Gasteiger charge is -2.57. The second-order valence-electron chi connectivity index (χ2n) is 11.3. The number of amides is 1. The molecule has 11 nitrogen and oxygen atoms in total. The van der Waals surface area contributed by atoms with Crippen molar-refractivity contribution < 1.29 is 14.3 Å². The zero-order valence-corrected chi connectivity index (χ0v) is 23.9. The van der Waals surface area contributed by atoms with Gasteiger partial charge in [0, 0.05) is 50.0 Å². The highest BCUT2D eigenvalue weighted by Gasteiger charge is 2.48. The topological polar surface area (TPSA) is 125 Å². The summed E-state index contributed by atoms with van der Waals surface area (Å²) in [5.74, 6) is 1.53. The van der Waals surface area contributed by atoms with Crippen molar-refractivity contribution in [1.29, 1.82) is 5.26 Å². The van der Waals surface area contributed by atoms with Crippen LogP contribution in [-0.2, 0) is 9.53 Å². The van der Waals surface area contributed by atoms with Crippen LogP contribution in [-0.4, -0.2) is 94.9 Å². The molecule has 3 atom stereocenters. The van der Waals surface area contributed by atoms with Gasteiger partial charge in [0.05, 0.1) is 48.8 Å². The van der Waals surface area contributed by atoms with Crippen molar-refractivity contribution in [2.45, 2.75) is 24.5 Å². The molecular weight excluding hydrogens is 544 g/mol. The fourth-order valence-corrected chi connectivity index (χ4v) is 6.45. The van der Waals surface area contributed by atoms with Crippen LogP contribution in [0.25, 0.3) is 16.6 Å². The third kappa shape index (κ3) is 5.29. The van der Waals surface area contributed by atoms with Gasteiger partial charge < -0.3 is 25.0 Å². The molecule has 0 aliphatic carbocycles. The highest BCUT2D eigenvalue weighted by atomic mass is 16.5. The Labute approximate surface area is 250 Å². The van der Waals surface area contributed by atoms with Crippen LogP contribution in [0, 0.1) is 11.3 Å². The molecule has 1 amide bonds. The molecule has 2 N–H and O–H groups in total. The van der Waals surface area contributed by atoms with E-state index in [0.29, 0.717) is 31.0 Å². The molecule has 2 unspecified atom stereocenters. The van der Waals surface area contributed by atoms with Gasteiger partial charge in [0.2, 0.25) is 5.91 Å². The SMILES string of the molecule is N#Cc1cnn2cc(OCCN3CCOCC3)cc(-c3ccc(N4CC5CC(C4)N5C(=O)[C@@H](N)c4ccccc4)nc3)c12. The van der Waals surface area contributed by atoms with E-state index in [1.807, 2.05) is 65.8 Å². The molecule has 4 saturated heterocycles. The number of ether oxygens (including phenoxy) is 2. The lowest BCUT2D eigenvalue weighted by molar-refractivity contribution is -0.147.